The molecular weight excluding hydrogens is 315 g/mol. The average molecular weight is 325 g/mol. The van der Waals surface area contributed by atoms with Crippen LogP contribution in [0.2, 0.25) is 10.0 Å². The fourth-order valence-corrected chi connectivity index (χ4v) is 2.66. The summed E-state index contributed by atoms with van der Waals surface area (Å²) in [6.45, 7) is 2.41. The predicted molar refractivity (Wildman–Crippen MR) is 83.0 cm³/mol. The number of benzene rings is 1. The van der Waals surface area contributed by atoms with E-state index in [1.165, 1.54) is 0 Å². The summed E-state index contributed by atoms with van der Waals surface area (Å²) in [6.07, 6.45) is 1.74. The van der Waals surface area contributed by atoms with Gasteiger partial charge in [0.25, 0.3) is 0 Å². The van der Waals surface area contributed by atoms with Crippen molar-refractivity contribution in [2.75, 3.05) is 0 Å². The number of imidazole rings is 1. The van der Waals surface area contributed by atoms with Crippen molar-refractivity contribution in [3.8, 4) is 0 Å². The van der Waals surface area contributed by atoms with Gasteiger partial charge in [-0.25, -0.2) is 9.97 Å². The molecular formula is C13H10Cl2N4S. The zero-order chi connectivity index (χ0) is 14.3. The number of aryl methyl sites for hydroxylation is 1. The van der Waals surface area contributed by atoms with E-state index in [0.29, 0.717) is 21.4 Å². The number of nitrogens with one attached hydrogen (secondary N) is 1. The number of nitrogens with zero attached hydrogens (tertiary/aromatic N) is 3. The highest BCUT2D eigenvalue weighted by Crippen LogP contribution is 2.27. The van der Waals surface area contributed by atoms with Crippen molar-refractivity contribution in [2.45, 2.75) is 13.5 Å². The molecule has 0 saturated carbocycles. The van der Waals surface area contributed by atoms with Crippen molar-refractivity contribution in [3.05, 3.63) is 50.7 Å². The lowest BCUT2D eigenvalue weighted by atomic mass is 10.3. The van der Waals surface area contributed by atoms with Crippen molar-refractivity contribution in [1.29, 1.82) is 0 Å². The summed E-state index contributed by atoms with van der Waals surface area (Å²) in [4.78, 5) is 11.6. The van der Waals surface area contributed by atoms with Crippen LogP contribution in [0.25, 0.3) is 11.0 Å². The number of hydrogen-bond donors (Lipinski definition) is 1. The number of aromatic amines is 1. The lowest BCUT2D eigenvalue weighted by molar-refractivity contribution is 0.773. The number of halogens is 2. The zero-order valence-electron chi connectivity index (χ0n) is 10.5. The van der Waals surface area contributed by atoms with E-state index in [9.17, 15) is 0 Å². The van der Waals surface area contributed by atoms with Gasteiger partial charge >= 0.3 is 0 Å². The van der Waals surface area contributed by atoms with Crippen LogP contribution in [-0.4, -0.2) is 19.5 Å². The largest absolute Gasteiger partial charge is 0.331 e. The van der Waals surface area contributed by atoms with Gasteiger partial charge in [-0.1, -0.05) is 23.2 Å². The molecule has 7 heteroatoms. The summed E-state index contributed by atoms with van der Waals surface area (Å²) in [5.41, 5.74) is 2.65. The summed E-state index contributed by atoms with van der Waals surface area (Å²) < 4.78 is 2.55. The fraction of sp³-hybridized carbons (Fsp3) is 0.154. The number of aromatic nitrogens is 4. The summed E-state index contributed by atoms with van der Waals surface area (Å²) in [5, 5.41) is 1.00. The monoisotopic (exact) mass is 324 g/mol. The Labute approximate surface area is 130 Å². The number of rotatable bonds is 2. The molecule has 0 spiro atoms. The lowest BCUT2D eigenvalue weighted by Gasteiger charge is -2.05. The third-order valence-electron chi connectivity index (χ3n) is 2.97. The molecule has 2 heterocycles. The zero-order valence-corrected chi connectivity index (χ0v) is 12.9. The van der Waals surface area contributed by atoms with Gasteiger partial charge in [0.15, 0.2) is 4.77 Å². The van der Waals surface area contributed by atoms with Gasteiger partial charge in [0.2, 0.25) is 0 Å². The molecule has 4 nitrogen and oxygen atoms in total. The van der Waals surface area contributed by atoms with Crippen LogP contribution >= 0.6 is 35.4 Å². The highest BCUT2D eigenvalue weighted by Gasteiger charge is 2.09. The molecule has 2 aromatic heterocycles. The van der Waals surface area contributed by atoms with E-state index >= 15 is 0 Å². The molecule has 0 aliphatic carbocycles. The third-order valence-corrected chi connectivity index (χ3v) is 4.01. The van der Waals surface area contributed by atoms with E-state index in [2.05, 4.69) is 15.0 Å². The Morgan fingerprint density at radius 1 is 1.30 bits per heavy atom. The minimum atomic E-state index is 0.500. The highest BCUT2D eigenvalue weighted by atomic mass is 35.5. The molecule has 102 valence electrons. The Kier molecular flexibility index (Phi) is 3.50. The molecule has 3 rings (SSSR count). The van der Waals surface area contributed by atoms with Crippen LogP contribution < -0.4 is 0 Å². The molecule has 1 aromatic carbocycles. The van der Waals surface area contributed by atoms with Gasteiger partial charge < -0.3 is 9.55 Å². The van der Waals surface area contributed by atoms with Gasteiger partial charge in [0, 0.05) is 6.20 Å². The van der Waals surface area contributed by atoms with E-state index in [4.69, 9.17) is 35.4 Å². The van der Waals surface area contributed by atoms with Crippen LogP contribution in [-0.2, 0) is 6.54 Å². The van der Waals surface area contributed by atoms with Crippen molar-refractivity contribution in [3.63, 3.8) is 0 Å². The second-order valence-electron chi connectivity index (χ2n) is 4.39. The van der Waals surface area contributed by atoms with E-state index < -0.39 is 0 Å². The Morgan fingerprint density at radius 2 is 2.05 bits per heavy atom. The molecule has 3 aromatic rings. The van der Waals surface area contributed by atoms with Gasteiger partial charge in [0.1, 0.15) is 5.82 Å². The molecule has 0 fully saturated rings. The highest BCUT2D eigenvalue weighted by molar-refractivity contribution is 7.71. The minimum absolute atomic E-state index is 0.500. The summed E-state index contributed by atoms with van der Waals surface area (Å²) in [6, 6.07) is 5.45. The second kappa shape index (κ2) is 5.16. The molecule has 0 unspecified atom stereocenters. The normalized spacial score (nSPS) is 11.2. The number of hydrogen-bond acceptors (Lipinski definition) is 3. The van der Waals surface area contributed by atoms with Crippen LogP contribution in [0, 0.1) is 11.7 Å². The van der Waals surface area contributed by atoms with Crippen LogP contribution in [0.15, 0.2) is 24.4 Å². The van der Waals surface area contributed by atoms with Gasteiger partial charge in [-0.3, -0.25) is 0 Å². The average Bonchev–Trinajstić information content (AvgIpc) is 2.67. The van der Waals surface area contributed by atoms with Crippen molar-refractivity contribution in [2.24, 2.45) is 0 Å². The molecule has 1 N–H and O–H groups in total. The van der Waals surface area contributed by atoms with Crippen LogP contribution in [0.4, 0.5) is 0 Å². The maximum Gasteiger partial charge on any atom is 0.178 e. The lowest BCUT2D eigenvalue weighted by Crippen LogP contribution is -2.03. The molecule has 0 aliphatic heterocycles. The van der Waals surface area contributed by atoms with Gasteiger partial charge in [-0.15, -0.1) is 0 Å². The SMILES string of the molecule is Cc1nccc(Cn2c(=S)[nH]c3cc(Cl)c(Cl)cc32)n1. The molecule has 0 amide bonds. The maximum absolute atomic E-state index is 6.08. The maximum atomic E-state index is 6.08. The van der Waals surface area contributed by atoms with Crippen molar-refractivity contribution in [1.82, 2.24) is 19.5 Å². The minimum Gasteiger partial charge on any atom is -0.331 e. The van der Waals surface area contributed by atoms with Gasteiger partial charge in [-0.2, -0.15) is 0 Å². The Morgan fingerprint density at radius 3 is 2.80 bits per heavy atom. The smallest absolute Gasteiger partial charge is 0.178 e. The Hall–Kier alpha value is -1.43. The summed E-state index contributed by atoms with van der Waals surface area (Å²) in [7, 11) is 0. The summed E-state index contributed by atoms with van der Waals surface area (Å²) in [5.74, 6) is 0.731. The topological polar surface area (TPSA) is 46.5 Å². The molecule has 0 bridgehead atoms. The first kappa shape index (κ1) is 13.5. The Bertz CT molecular complexity index is 853. The first-order valence-corrected chi connectivity index (χ1v) is 7.07. The Balaban J connectivity index is 2.14. The van der Waals surface area contributed by atoms with Gasteiger partial charge in [0.05, 0.1) is 33.3 Å². The van der Waals surface area contributed by atoms with Crippen LogP contribution in [0.3, 0.4) is 0 Å². The fourth-order valence-electron chi connectivity index (χ4n) is 2.06. The molecule has 20 heavy (non-hydrogen) atoms. The first-order valence-electron chi connectivity index (χ1n) is 5.90. The van der Waals surface area contributed by atoms with Crippen molar-refractivity contribution >= 4 is 46.5 Å². The summed E-state index contributed by atoms with van der Waals surface area (Å²) >= 11 is 17.4. The van der Waals surface area contributed by atoms with E-state index in [1.807, 2.05) is 17.6 Å². The van der Waals surface area contributed by atoms with E-state index in [-0.39, 0.29) is 0 Å². The number of fused-ring (bicyclic) bond motifs is 1. The van der Waals surface area contributed by atoms with Crippen LogP contribution in [0.1, 0.15) is 11.5 Å². The van der Waals surface area contributed by atoms with E-state index in [0.717, 1.165) is 22.6 Å². The standard InChI is InChI=1S/C13H10Cl2N4S/c1-7-16-3-2-8(17-7)6-19-12-5-10(15)9(14)4-11(12)18-13(19)20/h2-5H,6H2,1H3,(H,18,20). The number of H-pyrrole nitrogens is 1. The van der Waals surface area contributed by atoms with Crippen LogP contribution in [0.5, 0.6) is 0 Å². The molecule has 0 aliphatic rings. The second-order valence-corrected chi connectivity index (χ2v) is 5.60. The molecule has 0 saturated heterocycles. The third kappa shape index (κ3) is 2.44. The predicted octanol–water partition coefficient (Wildman–Crippen LogP) is 4.15. The van der Waals surface area contributed by atoms with Crippen molar-refractivity contribution < 1.29 is 0 Å². The quantitative estimate of drug-likeness (QED) is 0.720. The van der Waals surface area contributed by atoms with Gasteiger partial charge in [-0.05, 0) is 37.3 Å². The van der Waals surface area contributed by atoms with E-state index in [1.54, 1.807) is 18.3 Å². The first-order chi connectivity index (χ1) is 9.54. The molecule has 0 atom stereocenters. The molecule has 0 radical (unpaired) electrons.